The van der Waals surface area contributed by atoms with Crippen LogP contribution in [0.1, 0.15) is 12.5 Å². The van der Waals surface area contributed by atoms with E-state index < -0.39 is 0 Å². The van der Waals surface area contributed by atoms with E-state index >= 15 is 0 Å². The Bertz CT molecular complexity index is 223. The first-order valence-electron chi connectivity index (χ1n) is 3.65. The van der Waals surface area contributed by atoms with Crippen molar-refractivity contribution in [2.24, 2.45) is 0 Å². The summed E-state index contributed by atoms with van der Waals surface area (Å²) in [6.07, 6.45) is 0. The van der Waals surface area contributed by atoms with Crippen LogP contribution in [0.2, 0.25) is 0 Å². The average Bonchev–Trinajstić information content (AvgIpc) is 2.03. The molecule has 0 heterocycles. The standard InChI is InChI=1S/C9H11BrO/c1-2-11-7-8-5-3-4-6-9(8)10/h3-6H,2,7H2,1H3. The van der Waals surface area contributed by atoms with Gasteiger partial charge >= 0.3 is 0 Å². The highest BCUT2D eigenvalue weighted by Gasteiger charge is 1.95. The fraction of sp³-hybridized carbons (Fsp3) is 0.333. The van der Waals surface area contributed by atoms with Gasteiger partial charge in [0.05, 0.1) is 6.61 Å². The molecule has 1 aromatic carbocycles. The second-order valence-electron chi connectivity index (χ2n) is 2.23. The van der Waals surface area contributed by atoms with E-state index in [0.29, 0.717) is 6.61 Å². The van der Waals surface area contributed by atoms with Gasteiger partial charge in [0.1, 0.15) is 0 Å². The van der Waals surface area contributed by atoms with Gasteiger partial charge in [-0.3, -0.25) is 0 Å². The Morgan fingerprint density at radius 2 is 2.09 bits per heavy atom. The topological polar surface area (TPSA) is 9.23 Å². The lowest BCUT2D eigenvalue weighted by Gasteiger charge is -2.02. The Morgan fingerprint density at radius 1 is 1.36 bits per heavy atom. The zero-order valence-electron chi connectivity index (χ0n) is 6.51. The van der Waals surface area contributed by atoms with Crippen LogP contribution >= 0.6 is 15.9 Å². The lowest BCUT2D eigenvalue weighted by molar-refractivity contribution is 0.133. The van der Waals surface area contributed by atoms with E-state index in [9.17, 15) is 0 Å². The summed E-state index contributed by atoms with van der Waals surface area (Å²) in [6.45, 7) is 3.45. The van der Waals surface area contributed by atoms with Crippen LogP contribution in [0.3, 0.4) is 0 Å². The molecule has 0 aliphatic carbocycles. The Labute approximate surface area is 75.5 Å². The average molecular weight is 215 g/mol. The van der Waals surface area contributed by atoms with E-state index in [-0.39, 0.29) is 0 Å². The van der Waals surface area contributed by atoms with Crippen LogP contribution in [0.25, 0.3) is 0 Å². The summed E-state index contributed by atoms with van der Waals surface area (Å²) < 4.78 is 6.39. The lowest BCUT2D eigenvalue weighted by Crippen LogP contribution is -1.91. The molecule has 0 unspecified atom stereocenters. The van der Waals surface area contributed by atoms with Gasteiger partial charge in [0.15, 0.2) is 0 Å². The fourth-order valence-corrected chi connectivity index (χ4v) is 1.23. The van der Waals surface area contributed by atoms with Gasteiger partial charge in [-0.05, 0) is 18.6 Å². The molecule has 0 fully saturated rings. The van der Waals surface area contributed by atoms with Crippen molar-refractivity contribution in [1.82, 2.24) is 0 Å². The predicted octanol–water partition coefficient (Wildman–Crippen LogP) is 2.99. The minimum Gasteiger partial charge on any atom is -0.377 e. The van der Waals surface area contributed by atoms with Crippen molar-refractivity contribution in [3.05, 3.63) is 34.3 Å². The normalized spacial score (nSPS) is 10.0. The molecule has 0 bridgehead atoms. The van der Waals surface area contributed by atoms with Crippen molar-refractivity contribution in [3.8, 4) is 0 Å². The summed E-state index contributed by atoms with van der Waals surface area (Å²) in [6, 6.07) is 8.09. The molecule has 11 heavy (non-hydrogen) atoms. The highest BCUT2D eigenvalue weighted by molar-refractivity contribution is 9.10. The van der Waals surface area contributed by atoms with Gasteiger partial charge in [-0.2, -0.15) is 0 Å². The maximum absolute atomic E-state index is 5.27. The maximum atomic E-state index is 5.27. The Morgan fingerprint density at radius 3 is 2.73 bits per heavy atom. The predicted molar refractivity (Wildman–Crippen MR) is 49.5 cm³/mol. The largest absolute Gasteiger partial charge is 0.377 e. The SMILES string of the molecule is CCOCc1ccccc1Br. The molecule has 1 nitrogen and oxygen atoms in total. The molecule has 0 N–H and O–H groups in total. The smallest absolute Gasteiger partial charge is 0.0727 e. The molecule has 0 radical (unpaired) electrons. The molecule has 1 aromatic rings. The first-order chi connectivity index (χ1) is 5.34. The summed E-state index contributed by atoms with van der Waals surface area (Å²) in [7, 11) is 0. The molecular weight excluding hydrogens is 204 g/mol. The van der Waals surface area contributed by atoms with E-state index in [2.05, 4.69) is 22.0 Å². The van der Waals surface area contributed by atoms with E-state index in [0.717, 1.165) is 11.1 Å². The third-order valence-electron chi connectivity index (χ3n) is 1.42. The second kappa shape index (κ2) is 4.52. The Balaban J connectivity index is 2.62. The van der Waals surface area contributed by atoms with Crippen molar-refractivity contribution in [2.45, 2.75) is 13.5 Å². The number of benzene rings is 1. The van der Waals surface area contributed by atoms with Gasteiger partial charge in [-0.25, -0.2) is 0 Å². The molecule has 0 saturated heterocycles. The third-order valence-corrected chi connectivity index (χ3v) is 2.19. The van der Waals surface area contributed by atoms with Crippen LogP contribution < -0.4 is 0 Å². The number of rotatable bonds is 3. The summed E-state index contributed by atoms with van der Waals surface area (Å²) in [4.78, 5) is 0. The molecule has 0 aliphatic rings. The van der Waals surface area contributed by atoms with Crippen LogP contribution in [-0.2, 0) is 11.3 Å². The van der Waals surface area contributed by atoms with E-state index in [1.54, 1.807) is 0 Å². The van der Waals surface area contributed by atoms with Crippen LogP contribution in [0.15, 0.2) is 28.7 Å². The van der Waals surface area contributed by atoms with Crippen LogP contribution in [-0.4, -0.2) is 6.61 Å². The van der Waals surface area contributed by atoms with Gasteiger partial charge in [-0.1, -0.05) is 34.1 Å². The number of hydrogen-bond donors (Lipinski definition) is 0. The lowest BCUT2D eigenvalue weighted by atomic mass is 10.2. The maximum Gasteiger partial charge on any atom is 0.0727 e. The molecule has 60 valence electrons. The van der Waals surface area contributed by atoms with E-state index in [1.165, 1.54) is 5.56 Å². The highest BCUT2D eigenvalue weighted by atomic mass is 79.9. The zero-order valence-corrected chi connectivity index (χ0v) is 8.10. The molecule has 0 atom stereocenters. The zero-order chi connectivity index (χ0) is 8.10. The minimum atomic E-state index is 0.692. The van der Waals surface area contributed by atoms with Gasteiger partial charge in [-0.15, -0.1) is 0 Å². The molecule has 0 saturated carbocycles. The summed E-state index contributed by atoms with van der Waals surface area (Å²) in [5, 5.41) is 0. The van der Waals surface area contributed by atoms with Crippen LogP contribution in [0.4, 0.5) is 0 Å². The van der Waals surface area contributed by atoms with Crippen molar-refractivity contribution in [3.63, 3.8) is 0 Å². The first kappa shape index (κ1) is 8.75. The Kier molecular flexibility index (Phi) is 3.60. The highest BCUT2D eigenvalue weighted by Crippen LogP contribution is 2.16. The summed E-state index contributed by atoms with van der Waals surface area (Å²) >= 11 is 3.45. The summed E-state index contributed by atoms with van der Waals surface area (Å²) in [5.74, 6) is 0. The van der Waals surface area contributed by atoms with Gasteiger partial charge in [0, 0.05) is 11.1 Å². The number of halogens is 1. The number of ether oxygens (including phenoxy) is 1. The van der Waals surface area contributed by atoms with Crippen molar-refractivity contribution in [1.29, 1.82) is 0 Å². The van der Waals surface area contributed by atoms with E-state index in [4.69, 9.17) is 4.74 Å². The van der Waals surface area contributed by atoms with Gasteiger partial charge in [0.2, 0.25) is 0 Å². The van der Waals surface area contributed by atoms with Gasteiger partial charge in [0.25, 0.3) is 0 Å². The van der Waals surface area contributed by atoms with Crippen molar-refractivity contribution in [2.75, 3.05) is 6.61 Å². The fourth-order valence-electron chi connectivity index (χ4n) is 0.827. The Hall–Kier alpha value is -0.340. The van der Waals surface area contributed by atoms with Crippen LogP contribution in [0.5, 0.6) is 0 Å². The van der Waals surface area contributed by atoms with Crippen molar-refractivity contribution >= 4 is 15.9 Å². The van der Waals surface area contributed by atoms with Crippen LogP contribution in [0, 0.1) is 0 Å². The summed E-state index contributed by atoms with van der Waals surface area (Å²) in [5.41, 5.74) is 1.20. The molecule has 0 spiro atoms. The molecule has 1 rings (SSSR count). The van der Waals surface area contributed by atoms with Crippen molar-refractivity contribution < 1.29 is 4.74 Å². The third kappa shape index (κ3) is 2.64. The molecule has 2 heteroatoms. The minimum absolute atomic E-state index is 0.692. The monoisotopic (exact) mass is 214 g/mol. The number of hydrogen-bond acceptors (Lipinski definition) is 1. The second-order valence-corrected chi connectivity index (χ2v) is 3.08. The van der Waals surface area contributed by atoms with E-state index in [1.807, 2.05) is 25.1 Å². The molecule has 0 aliphatic heterocycles. The quantitative estimate of drug-likeness (QED) is 0.753. The molecule has 0 amide bonds. The van der Waals surface area contributed by atoms with Gasteiger partial charge < -0.3 is 4.74 Å². The molecule has 0 aromatic heterocycles. The molecular formula is C9H11BrO. The first-order valence-corrected chi connectivity index (χ1v) is 4.45.